The molecule has 2 aromatic carbocycles. The minimum Gasteiger partial charge on any atom is -0.419 e. The van der Waals surface area contributed by atoms with Crippen LogP contribution in [0.2, 0.25) is 0 Å². The van der Waals surface area contributed by atoms with E-state index in [0.29, 0.717) is 6.54 Å². The van der Waals surface area contributed by atoms with Crippen LogP contribution in [-0.2, 0) is 6.18 Å². The highest BCUT2D eigenvalue weighted by molar-refractivity contribution is 5.63. The van der Waals surface area contributed by atoms with Crippen molar-refractivity contribution in [1.82, 2.24) is 9.88 Å². The molecule has 1 heterocycles. The van der Waals surface area contributed by atoms with E-state index in [1.807, 2.05) is 55.4 Å². The highest BCUT2D eigenvalue weighted by atomic mass is 19.4. The molecule has 0 spiro atoms. The van der Waals surface area contributed by atoms with Crippen molar-refractivity contribution in [3.8, 4) is 17.5 Å². The zero-order valence-electron chi connectivity index (χ0n) is 15.9. The van der Waals surface area contributed by atoms with Gasteiger partial charge in [0.15, 0.2) is 0 Å². The van der Waals surface area contributed by atoms with Gasteiger partial charge < -0.3 is 14.6 Å². The van der Waals surface area contributed by atoms with Gasteiger partial charge >= 0.3 is 6.18 Å². The molecule has 0 bridgehead atoms. The van der Waals surface area contributed by atoms with Gasteiger partial charge in [-0.05, 0) is 31.8 Å². The summed E-state index contributed by atoms with van der Waals surface area (Å²) in [7, 11) is 3.83. The molecule has 1 aromatic heterocycles. The van der Waals surface area contributed by atoms with Crippen molar-refractivity contribution < 1.29 is 17.6 Å². The van der Waals surface area contributed by atoms with E-state index in [1.54, 1.807) is 0 Å². The molecule has 0 unspecified atom stereocenters. The molecule has 3 rings (SSSR count). The smallest absolute Gasteiger partial charge is 0.417 e. The van der Waals surface area contributed by atoms with Gasteiger partial charge in [0.25, 0.3) is 0 Å². The van der Waals surface area contributed by atoms with Gasteiger partial charge in [-0.25, -0.2) is 0 Å². The molecule has 1 atom stereocenters. The average molecular weight is 400 g/mol. The Hall–Kier alpha value is -3.31. The number of nitriles is 1. The van der Waals surface area contributed by atoms with Gasteiger partial charge in [0, 0.05) is 12.1 Å². The molecule has 5 nitrogen and oxygen atoms in total. The van der Waals surface area contributed by atoms with Crippen LogP contribution in [0.25, 0.3) is 11.5 Å². The van der Waals surface area contributed by atoms with Crippen molar-refractivity contribution in [3.05, 3.63) is 71.4 Å². The Labute approximate surface area is 166 Å². The highest BCUT2D eigenvalue weighted by Gasteiger charge is 2.35. The molecule has 0 fully saturated rings. The summed E-state index contributed by atoms with van der Waals surface area (Å²) < 4.78 is 45.4. The fourth-order valence-electron chi connectivity index (χ4n) is 3.01. The van der Waals surface area contributed by atoms with Gasteiger partial charge in [-0.1, -0.05) is 42.5 Å². The predicted molar refractivity (Wildman–Crippen MR) is 103 cm³/mol. The van der Waals surface area contributed by atoms with E-state index < -0.39 is 11.7 Å². The first-order valence-electron chi connectivity index (χ1n) is 8.84. The quantitative estimate of drug-likeness (QED) is 0.634. The van der Waals surface area contributed by atoms with Gasteiger partial charge in [0.1, 0.15) is 6.07 Å². The Kier molecular flexibility index (Phi) is 5.89. The maximum absolute atomic E-state index is 13.3. The van der Waals surface area contributed by atoms with Gasteiger partial charge in [0.2, 0.25) is 17.5 Å². The topological polar surface area (TPSA) is 65.1 Å². The molecular formula is C21H19F3N4O. The zero-order valence-corrected chi connectivity index (χ0v) is 15.9. The number of nitrogens with zero attached hydrogens (tertiary/aromatic N) is 3. The minimum atomic E-state index is -4.56. The van der Waals surface area contributed by atoms with E-state index in [2.05, 4.69) is 10.3 Å². The van der Waals surface area contributed by atoms with Gasteiger partial charge in [-0.3, -0.25) is 0 Å². The minimum absolute atomic E-state index is 0.0428. The van der Waals surface area contributed by atoms with Crippen LogP contribution >= 0.6 is 0 Å². The lowest BCUT2D eigenvalue weighted by Crippen LogP contribution is -2.26. The fourth-order valence-corrected chi connectivity index (χ4v) is 3.01. The summed E-state index contributed by atoms with van der Waals surface area (Å²) in [6, 6.07) is 16.5. The number of alkyl halides is 3. The average Bonchev–Trinajstić information content (AvgIpc) is 3.11. The zero-order chi connectivity index (χ0) is 21.0. The van der Waals surface area contributed by atoms with Crippen molar-refractivity contribution in [2.24, 2.45) is 0 Å². The molecule has 0 amide bonds. The number of hydrogen-bond donors (Lipinski definition) is 1. The molecular weight excluding hydrogens is 381 g/mol. The van der Waals surface area contributed by atoms with E-state index in [4.69, 9.17) is 4.42 Å². The van der Waals surface area contributed by atoms with Gasteiger partial charge in [0.05, 0.1) is 11.6 Å². The number of benzene rings is 2. The largest absolute Gasteiger partial charge is 0.419 e. The molecule has 8 heteroatoms. The third kappa shape index (κ3) is 4.58. The van der Waals surface area contributed by atoms with E-state index in [1.165, 1.54) is 18.2 Å². The monoisotopic (exact) mass is 400 g/mol. The van der Waals surface area contributed by atoms with Crippen LogP contribution in [0.3, 0.4) is 0 Å². The normalized spacial score (nSPS) is 12.6. The highest BCUT2D eigenvalue weighted by Crippen LogP contribution is 2.37. The molecule has 29 heavy (non-hydrogen) atoms. The van der Waals surface area contributed by atoms with Crippen molar-refractivity contribution >= 4 is 5.88 Å². The number of aromatic nitrogens is 1. The number of anilines is 1. The second kappa shape index (κ2) is 8.37. The lowest BCUT2D eigenvalue weighted by molar-refractivity contribution is -0.137. The molecule has 0 saturated heterocycles. The molecule has 1 N–H and O–H groups in total. The maximum Gasteiger partial charge on any atom is 0.417 e. The summed E-state index contributed by atoms with van der Waals surface area (Å²) in [6.07, 6.45) is -4.56. The summed E-state index contributed by atoms with van der Waals surface area (Å²) in [5, 5.41) is 12.4. The number of halogens is 3. The third-order valence-electron chi connectivity index (χ3n) is 4.46. The van der Waals surface area contributed by atoms with E-state index in [9.17, 15) is 18.4 Å². The van der Waals surface area contributed by atoms with Gasteiger partial charge in [-0.2, -0.15) is 23.4 Å². The summed E-state index contributed by atoms with van der Waals surface area (Å²) >= 11 is 0. The van der Waals surface area contributed by atoms with E-state index in [0.717, 1.165) is 11.6 Å². The molecule has 0 radical (unpaired) electrons. The van der Waals surface area contributed by atoms with Crippen LogP contribution in [0, 0.1) is 11.3 Å². The first-order valence-corrected chi connectivity index (χ1v) is 8.84. The Morgan fingerprint density at radius 1 is 1.10 bits per heavy atom. The van der Waals surface area contributed by atoms with Crippen LogP contribution < -0.4 is 5.32 Å². The summed E-state index contributed by atoms with van der Waals surface area (Å²) in [5.41, 5.74) is -0.127. The number of rotatable bonds is 6. The Balaban J connectivity index is 1.90. The van der Waals surface area contributed by atoms with Crippen molar-refractivity contribution in [2.75, 3.05) is 26.0 Å². The van der Waals surface area contributed by atoms with Crippen LogP contribution in [0.15, 0.2) is 59.0 Å². The second-order valence-electron chi connectivity index (χ2n) is 6.62. The summed E-state index contributed by atoms with van der Waals surface area (Å²) in [6.45, 7) is 0.376. The van der Waals surface area contributed by atoms with Gasteiger partial charge in [-0.15, -0.1) is 0 Å². The van der Waals surface area contributed by atoms with E-state index >= 15 is 0 Å². The van der Waals surface area contributed by atoms with E-state index in [-0.39, 0.29) is 29.1 Å². The number of oxazole rings is 1. The van der Waals surface area contributed by atoms with Crippen LogP contribution in [0.1, 0.15) is 22.9 Å². The van der Waals surface area contributed by atoms with Crippen molar-refractivity contribution in [1.29, 1.82) is 5.26 Å². The lowest BCUT2D eigenvalue weighted by Gasteiger charge is -2.24. The fraction of sp³-hybridized carbons (Fsp3) is 0.238. The first-order chi connectivity index (χ1) is 13.8. The Morgan fingerprint density at radius 2 is 1.76 bits per heavy atom. The lowest BCUT2D eigenvalue weighted by atomic mass is 10.1. The molecule has 3 aromatic rings. The van der Waals surface area contributed by atoms with Crippen LogP contribution in [0.5, 0.6) is 0 Å². The molecule has 0 aliphatic carbocycles. The summed E-state index contributed by atoms with van der Waals surface area (Å²) in [5.74, 6) is -0.208. The molecule has 0 saturated carbocycles. The number of hydrogen-bond acceptors (Lipinski definition) is 5. The molecule has 0 aliphatic heterocycles. The SMILES string of the molecule is CN(C)[C@@H](CNc1oc(-c2ccccc2C(F)(F)F)nc1C#N)c1ccccc1. The molecule has 150 valence electrons. The standard InChI is InChI=1S/C21H19F3N4O/c1-28(2)18(14-8-4-3-5-9-14)13-26-20-17(12-25)27-19(29-20)15-10-6-7-11-16(15)21(22,23)24/h3-11,18,26H,13H2,1-2H3/t18-/m0/s1. The molecule has 0 aliphatic rings. The maximum atomic E-state index is 13.3. The Bertz CT molecular complexity index is 1010. The predicted octanol–water partition coefficient (Wildman–Crippen LogP) is 4.95. The number of nitrogens with one attached hydrogen (secondary N) is 1. The third-order valence-corrected chi connectivity index (χ3v) is 4.46. The number of likely N-dealkylation sites (N-methyl/N-ethyl adjacent to an activating group) is 1. The van der Waals surface area contributed by atoms with Crippen molar-refractivity contribution in [3.63, 3.8) is 0 Å². The Morgan fingerprint density at radius 3 is 2.38 bits per heavy atom. The van der Waals surface area contributed by atoms with Crippen LogP contribution in [0.4, 0.5) is 19.1 Å². The second-order valence-corrected chi connectivity index (χ2v) is 6.62. The van der Waals surface area contributed by atoms with Crippen molar-refractivity contribution in [2.45, 2.75) is 12.2 Å². The first kappa shape index (κ1) is 20.4. The summed E-state index contributed by atoms with van der Waals surface area (Å²) in [4.78, 5) is 5.96. The van der Waals surface area contributed by atoms with Crippen LogP contribution in [-0.4, -0.2) is 30.5 Å².